The zero-order chi connectivity index (χ0) is 11.0. The van der Waals surface area contributed by atoms with Crippen molar-refractivity contribution < 1.29 is 13.2 Å². The summed E-state index contributed by atoms with van der Waals surface area (Å²) < 4.78 is 35.1. The number of hydrogen-bond acceptors (Lipinski definition) is 2. The molecule has 0 aliphatic heterocycles. The summed E-state index contributed by atoms with van der Waals surface area (Å²) in [5.74, 6) is 0.0714. The van der Waals surface area contributed by atoms with Gasteiger partial charge in [0, 0.05) is 18.3 Å². The fourth-order valence-corrected chi connectivity index (χ4v) is 1.39. The van der Waals surface area contributed by atoms with Crippen molar-refractivity contribution in [1.29, 1.82) is 0 Å². The lowest BCUT2D eigenvalue weighted by molar-refractivity contribution is -0.0327. The molecule has 0 fully saturated rings. The second kappa shape index (κ2) is 7.17. The van der Waals surface area contributed by atoms with Gasteiger partial charge in [0.05, 0.1) is 0 Å². The van der Waals surface area contributed by atoms with Gasteiger partial charge in [-0.2, -0.15) is 13.2 Å². The van der Waals surface area contributed by atoms with E-state index in [2.05, 4.69) is 11.9 Å². The van der Waals surface area contributed by atoms with Crippen LogP contribution in [-0.4, -0.2) is 23.8 Å². The summed E-state index contributed by atoms with van der Waals surface area (Å²) >= 11 is 0.0167. The van der Waals surface area contributed by atoms with Crippen LogP contribution in [0.5, 0.6) is 0 Å². The molecule has 0 saturated heterocycles. The topological polar surface area (TPSA) is 12.0 Å². The Labute approximate surface area is 87.1 Å². The molecule has 0 spiro atoms. The first kappa shape index (κ1) is 13.8. The zero-order valence-electron chi connectivity index (χ0n) is 8.23. The molecule has 0 aromatic carbocycles. The number of allylic oxidation sites excluding steroid dienone is 1. The lowest BCUT2D eigenvalue weighted by Crippen LogP contribution is -2.28. The van der Waals surface area contributed by atoms with Gasteiger partial charge in [-0.3, -0.25) is 0 Å². The summed E-state index contributed by atoms with van der Waals surface area (Å²) in [7, 11) is 0. The van der Waals surface area contributed by atoms with E-state index >= 15 is 0 Å². The van der Waals surface area contributed by atoms with Crippen LogP contribution in [-0.2, 0) is 0 Å². The van der Waals surface area contributed by atoms with Crippen molar-refractivity contribution in [3.63, 3.8) is 0 Å². The third kappa shape index (κ3) is 9.92. The van der Waals surface area contributed by atoms with Gasteiger partial charge in [-0.1, -0.05) is 6.08 Å². The molecule has 0 bridgehead atoms. The minimum atomic E-state index is -4.11. The number of halogens is 3. The van der Waals surface area contributed by atoms with E-state index in [1.807, 2.05) is 13.0 Å². The van der Waals surface area contributed by atoms with Gasteiger partial charge in [0.15, 0.2) is 0 Å². The van der Waals surface area contributed by atoms with E-state index in [-0.39, 0.29) is 23.6 Å². The first-order valence-electron chi connectivity index (χ1n) is 4.50. The second-order valence-electron chi connectivity index (χ2n) is 3.02. The second-order valence-corrected chi connectivity index (χ2v) is 4.18. The summed E-state index contributed by atoms with van der Waals surface area (Å²) in [6, 6.07) is 0.252. The number of nitrogens with one attached hydrogen (secondary N) is 1. The summed E-state index contributed by atoms with van der Waals surface area (Å²) in [5, 5.41) is 3.02. The average molecular weight is 227 g/mol. The van der Waals surface area contributed by atoms with Crippen LogP contribution >= 0.6 is 11.8 Å². The molecule has 0 aromatic rings. The lowest BCUT2D eigenvalue weighted by Gasteiger charge is -2.12. The molecule has 1 N–H and O–H groups in total. The molecule has 0 saturated carbocycles. The SMILES string of the molecule is C=CCCC(C)NCCSC(F)(F)F. The van der Waals surface area contributed by atoms with Gasteiger partial charge < -0.3 is 5.32 Å². The maximum Gasteiger partial charge on any atom is 0.441 e. The van der Waals surface area contributed by atoms with Crippen molar-refractivity contribution in [2.75, 3.05) is 12.3 Å². The van der Waals surface area contributed by atoms with Gasteiger partial charge in [0.1, 0.15) is 0 Å². The Hall–Kier alpha value is -0.160. The highest BCUT2D eigenvalue weighted by atomic mass is 32.2. The van der Waals surface area contributed by atoms with Crippen LogP contribution in [0, 0.1) is 0 Å². The lowest BCUT2D eigenvalue weighted by atomic mass is 10.2. The van der Waals surface area contributed by atoms with Crippen molar-refractivity contribution in [2.45, 2.75) is 31.3 Å². The Morgan fingerprint density at radius 3 is 2.64 bits per heavy atom. The Balaban J connectivity index is 3.31. The summed E-state index contributed by atoms with van der Waals surface area (Å²) in [4.78, 5) is 0. The van der Waals surface area contributed by atoms with Crippen LogP contribution in [0.1, 0.15) is 19.8 Å². The van der Waals surface area contributed by atoms with Crippen molar-refractivity contribution in [2.24, 2.45) is 0 Å². The first-order valence-corrected chi connectivity index (χ1v) is 5.49. The molecule has 14 heavy (non-hydrogen) atoms. The molecule has 84 valence electrons. The molecule has 1 atom stereocenters. The van der Waals surface area contributed by atoms with Gasteiger partial charge in [0.25, 0.3) is 0 Å². The standard InChI is InChI=1S/C9H16F3NS/c1-3-4-5-8(2)13-6-7-14-9(10,11)12/h3,8,13H,1,4-7H2,2H3. The molecule has 5 heteroatoms. The third-order valence-corrected chi connectivity index (χ3v) is 2.40. The van der Waals surface area contributed by atoms with Gasteiger partial charge >= 0.3 is 5.51 Å². The minimum absolute atomic E-state index is 0.0167. The van der Waals surface area contributed by atoms with Crippen LogP contribution in [0.3, 0.4) is 0 Å². The molecule has 1 nitrogen and oxygen atoms in total. The van der Waals surface area contributed by atoms with Crippen molar-refractivity contribution in [1.82, 2.24) is 5.32 Å². The van der Waals surface area contributed by atoms with Crippen molar-refractivity contribution in [3.05, 3.63) is 12.7 Å². The monoisotopic (exact) mass is 227 g/mol. The largest absolute Gasteiger partial charge is 0.441 e. The highest BCUT2D eigenvalue weighted by Gasteiger charge is 2.27. The molecular formula is C9H16F3NS. The molecular weight excluding hydrogens is 211 g/mol. The smallest absolute Gasteiger partial charge is 0.313 e. The highest BCUT2D eigenvalue weighted by Crippen LogP contribution is 2.29. The van der Waals surface area contributed by atoms with E-state index < -0.39 is 5.51 Å². The Bertz CT molecular complexity index is 159. The van der Waals surface area contributed by atoms with Gasteiger partial charge in [-0.25, -0.2) is 0 Å². The third-order valence-electron chi connectivity index (χ3n) is 1.66. The summed E-state index contributed by atoms with van der Waals surface area (Å²) in [6.45, 7) is 5.93. The minimum Gasteiger partial charge on any atom is -0.313 e. The number of hydrogen-bond donors (Lipinski definition) is 1. The normalized spacial score (nSPS) is 14.0. The number of thioether (sulfide) groups is 1. The van der Waals surface area contributed by atoms with Gasteiger partial charge in [0.2, 0.25) is 0 Å². The van der Waals surface area contributed by atoms with Crippen LogP contribution in [0.25, 0.3) is 0 Å². The molecule has 1 unspecified atom stereocenters. The van der Waals surface area contributed by atoms with E-state index in [9.17, 15) is 13.2 Å². The molecule has 0 aromatic heterocycles. The molecule has 0 amide bonds. The van der Waals surface area contributed by atoms with Crippen LogP contribution < -0.4 is 5.32 Å². The fraction of sp³-hybridized carbons (Fsp3) is 0.778. The summed E-state index contributed by atoms with van der Waals surface area (Å²) in [5.41, 5.74) is -4.11. The van der Waals surface area contributed by atoms with E-state index in [1.165, 1.54) is 0 Å². The number of rotatable bonds is 7. The van der Waals surface area contributed by atoms with E-state index in [0.29, 0.717) is 6.54 Å². The van der Waals surface area contributed by atoms with Gasteiger partial charge in [-0.05, 0) is 31.5 Å². The van der Waals surface area contributed by atoms with Crippen LogP contribution in [0.15, 0.2) is 12.7 Å². The number of alkyl halides is 3. The van der Waals surface area contributed by atoms with Gasteiger partial charge in [-0.15, -0.1) is 6.58 Å². The van der Waals surface area contributed by atoms with E-state index in [4.69, 9.17) is 0 Å². The van der Waals surface area contributed by atoms with Crippen LogP contribution in [0.4, 0.5) is 13.2 Å². The average Bonchev–Trinajstić information content (AvgIpc) is 2.07. The van der Waals surface area contributed by atoms with Crippen molar-refractivity contribution in [3.8, 4) is 0 Å². The predicted octanol–water partition coefficient (Wildman–Crippen LogP) is 3.18. The van der Waals surface area contributed by atoms with Crippen molar-refractivity contribution >= 4 is 11.8 Å². The predicted molar refractivity (Wildman–Crippen MR) is 55.4 cm³/mol. The molecule has 0 aliphatic carbocycles. The highest BCUT2D eigenvalue weighted by molar-refractivity contribution is 8.00. The molecule has 0 heterocycles. The molecule has 0 radical (unpaired) electrons. The maximum absolute atomic E-state index is 11.7. The maximum atomic E-state index is 11.7. The quantitative estimate of drug-likeness (QED) is 0.529. The van der Waals surface area contributed by atoms with E-state index in [0.717, 1.165) is 12.8 Å². The summed E-state index contributed by atoms with van der Waals surface area (Å²) in [6.07, 6.45) is 3.61. The molecule has 0 aliphatic rings. The fourth-order valence-electron chi connectivity index (χ4n) is 0.942. The Morgan fingerprint density at radius 2 is 2.14 bits per heavy atom. The Kier molecular flexibility index (Phi) is 7.09. The van der Waals surface area contributed by atoms with Crippen LogP contribution in [0.2, 0.25) is 0 Å². The molecule has 0 rings (SSSR count). The first-order chi connectivity index (χ1) is 6.45. The zero-order valence-corrected chi connectivity index (χ0v) is 9.05. The van der Waals surface area contributed by atoms with E-state index in [1.54, 1.807) is 0 Å². The Morgan fingerprint density at radius 1 is 1.50 bits per heavy atom.